The predicted octanol–water partition coefficient (Wildman–Crippen LogP) is 0.278. The number of amides is 1. The van der Waals surface area contributed by atoms with Gasteiger partial charge in [0.1, 0.15) is 5.69 Å². The Balaban J connectivity index is 2.25. The SMILES string of the molecule is CN(C)CCCNC(=O)c1cc(N)c[nH]1. The van der Waals surface area contributed by atoms with Crippen LogP contribution in [-0.4, -0.2) is 43.0 Å². The number of nitrogen functional groups attached to an aromatic ring is 1. The molecule has 0 saturated carbocycles. The molecule has 84 valence electrons. The molecule has 1 rings (SSSR count). The molecule has 0 atom stereocenters. The summed E-state index contributed by atoms with van der Waals surface area (Å²) < 4.78 is 0. The summed E-state index contributed by atoms with van der Waals surface area (Å²) in [5.41, 5.74) is 6.58. The number of hydrogen-bond acceptors (Lipinski definition) is 3. The van der Waals surface area contributed by atoms with Gasteiger partial charge in [0.05, 0.1) is 0 Å². The van der Waals surface area contributed by atoms with Crippen molar-refractivity contribution >= 4 is 11.6 Å². The molecule has 0 aliphatic rings. The highest BCUT2D eigenvalue weighted by Gasteiger charge is 2.05. The molecule has 1 aromatic heterocycles. The van der Waals surface area contributed by atoms with Gasteiger partial charge in [-0.1, -0.05) is 0 Å². The Kier molecular flexibility index (Phi) is 4.17. The number of anilines is 1. The minimum absolute atomic E-state index is 0.106. The molecule has 0 aromatic carbocycles. The first kappa shape index (κ1) is 11.6. The van der Waals surface area contributed by atoms with Crippen molar-refractivity contribution in [3.05, 3.63) is 18.0 Å². The minimum Gasteiger partial charge on any atom is -0.397 e. The molecule has 5 heteroatoms. The zero-order valence-corrected chi connectivity index (χ0v) is 9.21. The van der Waals surface area contributed by atoms with Crippen LogP contribution >= 0.6 is 0 Å². The number of aromatic amines is 1. The second-order valence-corrected chi connectivity index (χ2v) is 3.76. The van der Waals surface area contributed by atoms with Gasteiger partial charge in [0.15, 0.2) is 0 Å². The van der Waals surface area contributed by atoms with Crippen LogP contribution in [0.15, 0.2) is 12.3 Å². The minimum atomic E-state index is -0.106. The van der Waals surface area contributed by atoms with Crippen molar-refractivity contribution in [2.24, 2.45) is 0 Å². The van der Waals surface area contributed by atoms with E-state index in [-0.39, 0.29) is 5.91 Å². The Labute approximate surface area is 89.6 Å². The van der Waals surface area contributed by atoms with Gasteiger partial charge in [0, 0.05) is 18.4 Å². The number of carbonyl (C=O) groups is 1. The molecule has 15 heavy (non-hydrogen) atoms. The van der Waals surface area contributed by atoms with Gasteiger partial charge in [0.2, 0.25) is 0 Å². The molecule has 0 aliphatic carbocycles. The van der Waals surface area contributed by atoms with Gasteiger partial charge in [-0.15, -0.1) is 0 Å². The number of nitrogens with zero attached hydrogens (tertiary/aromatic N) is 1. The Hall–Kier alpha value is -1.49. The summed E-state index contributed by atoms with van der Waals surface area (Å²) in [5, 5.41) is 2.82. The lowest BCUT2D eigenvalue weighted by Gasteiger charge is -2.09. The number of nitrogens with one attached hydrogen (secondary N) is 2. The molecule has 4 N–H and O–H groups in total. The van der Waals surface area contributed by atoms with Crippen molar-refractivity contribution in [3.8, 4) is 0 Å². The highest BCUT2D eigenvalue weighted by Crippen LogP contribution is 2.03. The number of rotatable bonds is 5. The van der Waals surface area contributed by atoms with Crippen LogP contribution in [0.25, 0.3) is 0 Å². The molecular formula is C10H18N4O. The van der Waals surface area contributed by atoms with E-state index in [2.05, 4.69) is 15.2 Å². The van der Waals surface area contributed by atoms with E-state index in [4.69, 9.17) is 5.73 Å². The third-order valence-corrected chi connectivity index (χ3v) is 2.02. The average Bonchev–Trinajstić information content (AvgIpc) is 2.59. The van der Waals surface area contributed by atoms with Crippen LogP contribution in [0.5, 0.6) is 0 Å². The maximum absolute atomic E-state index is 11.5. The molecule has 1 heterocycles. The fourth-order valence-electron chi connectivity index (χ4n) is 1.23. The van der Waals surface area contributed by atoms with E-state index in [1.54, 1.807) is 12.3 Å². The van der Waals surface area contributed by atoms with Crippen LogP contribution < -0.4 is 11.1 Å². The Morgan fingerprint density at radius 1 is 1.60 bits per heavy atom. The fraction of sp³-hybridized carbons (Fsp3) is 0.500. The number of H-pyrrole nitrogens is 1. The fourth-order valence-corrected chi connectivity index (χ4v) is 1.23. The first-order valence-electron chi connectivity index (χ1n) is 4.96. The van der Waals surface area contributed by atoms with Crippen LogP contribution in [0, 0.1) is 0 Å². The third kappa shape index (κ3) is 4.03. The maximum atomic E-state index is 11.5. The lowest BCUT2D eigenvalue weighted by Crippen LogP contribution is -2.27. The molecule has 1 amide bonds. The monoisotopic (exact) mass is 210 g/mol. The smallest absolute Gasteiger partial charge is 0.267 e. The van der Waals surface area contributed by atoms with E-state index < -0.39 is 0 Å². The van der Waals surface area contributed by atoms with Gasteiger partial charge in [-0.3, -0.25) is 4.79 Å². The Morgan fingerprint density at radius 3 is 2.87 bits per heavy atom. The molecule has 0 unspecified atom stereocenters. The first-order valence-corrected chi connectivity index (χ1v) is 4.96. The summed E-state index contributed by atoms with van der Waals surface area (Å²) in [7, 11) is 4.01. The summed E-state index contributed by atoms with van der Waals surface area (Å²) in [4.78, 5) is 16.4. The molecule has 0 aliphatic heterocycles. The molecule has 0 spiro atoms. The molecule has 0 bridgehead atoms. The number of carbonyl (C=O) groups excluding carboxylic acids is 1. The van der Waals surface area contributed by atoms with E-state index >= 15 is 0 Å². The molecular weight excluding hydrogens is 192 g/mol. The summed E-state index contributed by atoms with van der Waals surface area (Å²) >= 11 is 0. The number of aromatic nitrogens is 1. The van der Waals surface area contributed by atoms with Crippen LogP contribution in [0.3, 0.4) is 0 Å². The van der Waals surface area contributed by atoms with Crippen molar-refractivity contribution in [2.45, 2.75) is 6.42 Å². The van der Waals surface area contributed by atoms with Gasteiger partial charge in [-0.05, 0) is 33.1 Å². The molecule has 1 aromatic rings. The standard InChI is InChI=1S/C10H18N4O/c1-14(2)5-3-4-12-10(15)9-6-8(11)7-13-9/h6-7,13H,3-5,11H2,1-2H3,(H,12,15). The zero-order valence-electron chi connectivity index (χ0n) is 9.21. The van der Waals surface area contributed by atoms with Crippen LogP contribution in [0.2, 0.25) is 0 Å². The second-order valence-electron chi connectivity index (χ2n) is 3.76. The Bertz CT molecular complexity index is 319. The third-order valence-electron chi connectivity index (χ3n) is 2.02. The van der Waals surface area contributed by atoms with Crippen molar-refractivity contribution in [1.82, 2.24) is 15.2 Å². The number of nitrogens with two attached hydrogens (primary N) is 1. The van der Waals surface area contributed by atoms with Gasteiger partial charge in [-0.2, -0.15) is 0 Å². The molecule has 0 radical (unpaired) electrons. The van der Waals surface area contributed by atoms with E-state index in [1.807, 2.05) is 14.1 Å². The van der Waals surface area contributed by atoms with Gasteiger partial charge < -0.3 is 20.9 Å². The van der Waals surface area contributed by atoms with Gasteiger partial charge in [0.25, 0.3) is 5.91 Å². The van der Waals surface area contributed by atoms with E-state index in [0.717, 1.165) is 13.0 Å². The number of hydrogen-bond donors (Lipinski definition) is 3. The first-order chi connectivity index (χ1) is 7.09. The van der Waals surface area contributed by atoms with Gasteiger partial charge >= 0.3 is 0 Å². The van der Waals surface area contributed by atoms with Crippen LogP contribution in [-0.2, 0) is 0 Å². The predicted molar refractivity (Wildman–Crippen MR) is 60.7 cm³/mol. The molecule has 0 saturated heterocycles. The normalized spacial score (nSPS) is 10.6. The second kappa shape index (κ2) is 5.41. The Morgan fingerprint density at radius 2 is 2.33 bits per heavy atom. The maximum Gasteiger partial charge on any atom is 0.267 e. The lowest BCUT2D eigenvalue weighted by atomic mass is 10.3. The molecule has 0 fully saturated rings. The summed E-state index contributed by atoms with van der Waals surface area (Å²) in [6.07, 6.45) is 2.55. The molecule has 5 nitrogen and oxygen atoms in total. The highest BCUT2D eigenvalue weighted by molar-refractivity contribution is 5.93. The van der Waals surface area contributed by atoms with E-state index in [1.165, 1.54) is 0 Å². The zero-order chi connectivity index (χ0) is 11.3. The van der Waals surface area contributed by atoms with Crippen molar-refractivity contribution in [2.75, 3.05) is 32.9 Å². The van der Waals surface area contributed by atoms with Crippen molar-refractivity contribution in [1.29, 1.82) is 0 Å². The van der Waals surface area contributed by atoms with E-state index in [9.17, 15) is 4.79 Å². The summed E-state index contributed by atoms with van der Waals surface area (Å²) in [5.74, 6) is -0.106. The average molecular weight is 210 g/mol. The summed E-state index contributed by atoms with van der Waals surface area (Å²) in [6, 6.07) is 1.63. The van der Waals surface area contributed by atoms with Crippen molar-refractivity contribution in [3.63, 3.8) is 0 Å². The highest BCUT2D eigenvalue weighted by atomic mass is 16.1. The van der Waals surface area contributed by atoms with Crippen LogP contribution in [0.4, 0.5) is 5.69 Å². The van der Waals surface area contributed by atoms with Crippen LogP contribution in [0.1, 0.15) is 16.9 Å². The lowest BCUT2D eigenvalue weighted by molar-refractivity contribution is 0.0948. The topological polar surface area (TPSA) is 74.2 Å². The quantitative estimate of drug-likeness (QED) is 0.611. The van der Waals surface area contributed by atoms with Gasteiger partial charge in [-0.25, -0.2) is 0 Å². The largest absolute Gasteiger partial charge is 0.397 e. The van der Waals surface area contributed by atoms with Crippen molar-refractivity contribution < 1.29 is 4.79 Å². The summed E-state index contributed by atoms with van der Waals surface area (Å²) in [6.45, 7) is 1.64. The van der Waals surface area contributed by atoms with E-state index in [0.29, 0.717) is 17.9 Å².